The maximum absolute atomic E-state index is 5.86. The molecule has 0 aliphatic carbocycles. The van der Waals surface area contributed by atoms with Crippen LogP contribution in [0.3, 0.4) is 0 Å². The molecule has 2 heteroatoms. The topological polar surface area (TPSA) is 9.23 Å². The lowest BCUT2D eigenvalue weighted by Gasteiger charge is -2.11. The Morgan fingerprint density at radius 2 is 1.59 bits per heavy atom. The number of alkyl halides is 1. The minimum atomic E-state index is 0.622. The van der Waals surface area contributed by atoms with Crippen LogP contribution in [0.4, 0.5) is 0 Å². The number of hydrogen-bond donors (Lipinski definition) is 0. The van der Waals surface area contributed by atoms with Gasteiger partial charge in [-0.1, -0.05) is 58.4 Å². The predicted octanol–water partition coefficient (Wildman–Crippen LogP) is 4.47. The Morgan fingerprint density at radius 1 is 0.941 bits per heavy atom. The maximum atomic E-state index is 5.86. The predicted molar refractivity (Wildman–Crippen MR) is 74.6 cm³/mol. The van der Waals surface area contributed by atoms with E-state index < -0.39 is 0 Å². The van der Waals surface area contributed by atoms with Crippen molar-refractivity contribution in [3.8, 4) is 5.75 Å². The molecule has 0 aliphatic heterocycles. The van der Waals surface area contributed by atoms with Gasteiger partial charge in [0.1, 0.15) is 12.4 Å². The summed E-state index contributed by atoms with van der Waals surface area (Å²) in [5, 5.41) is 0.816. The highest BCUT2D eigenvalue weighted by Gasteiger charge is 2.02. The highest BCUT2D eigenvalue weighted by Crippen LogP contribution is 2.22. The molecule has 0 aliphatic rings. The fourth-order valence-electron chi connectivity index (χ4n) is 1.68. The third-order valence-electron chi connectivity index (χ3n) is 2.76. The molecule has 0 heterocycles. The van der Waals surface area contributed by atoms with E-state index >= 15 is 0 Å². The molecule has 0 saturated carbocycles. The molecule has 0 radical (unpaired) electrons. The van der Waals surface area contributed by atoms with Crippen LogP contribution < -0.4 is 4.74 Å². The van der Waals surface area contributed by atoms with Crippen molar-refractivity contribution in [2.75, 3.05) is 0 Å². The average molecular weight is 291 g/mol. The lowest BCUT2D eigenvalue weighted by atomic mass is 10.1. The number of hydrogen-bond acceptors (Lipinski definition) is 1. The van der Waals surface area contributed by atoms with Gasteiger partial charge in [-0.05, 0) is 24.1 Å². The van der Waals surface area contributed by atoms with E-state index in [1.165, 1.54) is 16.7 Å². The van der Waals surface area contributed by atoms with Gasteiger partial charge >= 0.3 is 0 Å². The van der Waals surface area contributed by atoms with Crippen LogP contribution in [-0.4, -0.2) is 0 Å². The van der Waals surface area contributed by atoms with Gasteiger partial charge < -0.3 is 4.74 Å². The molecule has 0 fully saturated rings. The third kappa shape index (κ3) is 3.10. The van der Waals surface area contributed by atoms with Crippen LogP contribution in [0.5, 0.6) is 5.75 Å². The molecule has 0 unspecified atom stereocenters. The van der Waals surface area contributed by atoms with Crippen LogP contribution in [0.1, 0.15) is 16.7 Å². The molecule has 2 rings (SSSR count). The first kappa shape index (κ1) is 12.2. The number of para-hydroxylation sites is 1. The quantitative estimate of drug-likeness (QED) is 0.755. The molecular formula is C15H15BrO. The van der Waals surface area contributed by atoms with Crippen molar-refractivity contribution >= 4 is 15.9 Å². The van der Waals surface area contributed by atoms with Gasteiger partial charge in [-0.2, -0.15) is 0 Å². The van der Waals surface area contributed by atoms with Gasteiger partial charge in [-0.15, -0.1) is 0 Å². The Morgan fingerprint density at radius 3 is 2.29 bits per heavy atom. The van der Waals surface area contributed by atoms with Gasteiger partial charge in [0, 0.05) is 10.9 Å². The summed E-state index contributed by atoms with van der Waals surface area (Å²) in [4.78, 5) is 0. The number of rotatable bonds is 4. The fraction of sp³-hybridized carbons (Fsp3) is 0.200. The monoisotopic (exact) mass is 290 g/mol. The molecule has 0 bridgehead atoms. The second-order valence-electron chi connectivity index (χ2n) is 3.96. The summed E-state index contributed by atoms with van der Waals surface area (Å²) >= 11 is 3.47. The summed E-state index contributed by atoms with van der Waals surface area (Å²) in [6, 6.07) is 16.4. The van der Waals surface area contributed by atoms with Crippen molar-refractivity contribution in [2.24, 2.45) is 0 Å². The number of ether oxygens (including phenoxy) is 1. The zero-order valence-electron chi connectivity index (χ0n) is 9.82. The van der Waals surface area contributed by atoms with E-state index in [1.54, 1.807) is 0 Å². The zero-order chi connectivity index (χ0) is 12.1. The molecule has 2 aromatic rings. The Bertz CT molecular complexity index is 494. The molecule has 17 heavy (non-hydrogen) atoms. The highest BCUT2D eigenvalue weighted by molar-refractivity contribution is 9.08. The lowest BCUT2D eigenvalue weighted by molar-refractivity contribution is 0.303. The molecule has 0 aromatic heterocycles. The Kier molecular flexibility index (Phi) is 4.21. The van der Waals surface area contributed by atoms with Crippen molar-refractivity contribution in [2.45, 2.75) is 18.9 Å². The SMILES string of the molecule is Cc1ccccc1COc1ccccc1CBr. The third-order valence-corrected chi connectivity index (χ3v) is 3.37. The molecule has 2 aromatic carbocycles. The van der Waals surface area contributed by atoms with Crippen molar-refractivity contribution in [1.29, 1.82) is 0 Å². The second-order valence-corrected chi connectivity index (χ2v) is 4.52. The molecule has 0 saturated heterocycles. The number of benzene rings is 2. The molecule has 0 spiro atoms. The fourth-order valence-corrected chi connectivity index (χ4v) is 2.15. The molecular weight excluding hydrogens is 276 g/mol. The van der Waals surface area contributed by atoms with Crippen molar-refractivity contribution < 1.29 is 4.74 Å². The highest BCUT2D eigenvalue weighted by atomic mass is 79.9. The van der Waals surface area contributed by atoms with Gasteiger partial charge in [0.05, 0.1) is 0 Å². The smallest absolute Gasteiger partial charge is 0.123 e. The first-order valence-electron chi connectivity index (χ1n) is 5.62. The van der Waals surface area contributed by atoms with Crippen LogP contribution >= 0.6 is 15.9 Å². The van der Waals surface area contributed by atoms with Crippen molar-refractivity contribution in [1.82, 2.24) is 0 Å². The summed E-state index contributed by atoms with van der Waals surface area (Å²) in [7, 11) is 0. The largest absolute Gasteiger partial charge is 0.489 e. The van der Waals surface area contributed by atoms with Crippen LogP contribution in [-0.2, 0) is 11.9 Å². The minimum Gasteiger partial charge on any atom is -0.489 e. The average Bonchev–Trinajstić information content (AvgIpc) is 2.38. The first-order valence-corrected chi connectivity index (χ1v) is 6.74. The van der Waals surface area contributed by atoms with Gasteiger partial charge in [0.2, 0.25) is 0 Å². The summed E-state index contributed by atoms with van der Waals surface area (Å²) in [6.45, 7) is 2.73. The van der Waals surface area contributed by atoms with E-state index in [2.05, 4.69) is 41.1 Å². The normalized spacial score (nSPS) is 10.2. The molecule has 88 valence electrons. The van der Waals surface area contributed by atoms with E-state index in [0.29, 0.717) is 6.61 Å². The number of aryl methyl sites for hydroxylation is 1. The lowest BCUT2D eigenvalue weighted by Crippen LogP contribution is -1.99. The van der Waals surface area contributed by atoms with Gasteiger partial charge in [-0.3, -0.25) is 0 Å². The summed E-state index contributed by atoms with van der Waals surface area (Å²) in [5.74, 6) is 0.952. The molecule has 0 N–H and O–H groups in total. The first-order chi connectivity index (χ1) is 8.31. The number of halogens is 1. The van der Waals surface area contributed by atoms with Crippen LogP contribution in [0.2, 0.25) is 0 Å². The van der Waals surface area contributed by atoms with E-state index in [9.17, 15) is 0 Å². The van der Waals surface area contributed by atoms with Crippen LogP contribution in [0.25, 0.3) is 0 Å². The van der Waals surface area contributed by atoms with Gasteiger partial charge in [0.25, 0.3) is 0 Å². The maximum Gasteiger partial charge on any atom is 0.123 e. The Balaban J connectivity index is 2.10. The standard InChI is InChI=1S/C15H15BrO/c1-12-6-2-3-8-14(12)11-17-15-9-5-4-7-13(15)10-16/h2-9H,10-11H2,1H3. The van der Waals surface area contributed by atoms with E-state index in [0.717, 1.165) is 11.1 Å². The van der Waals surface area contributed by atoms with Gasteiger partial charge in [0.15, 0.2) is 0 Å². The van der Waals surface area contributed by atoms with E-state index in [4.69, 9.17) is 4.74 Å². The van der Waals surface area contributed by atoms with E-state index in [-0.39, 0.29) is 0 Å². The summed E-state index contributed by atoms with van der Waals surface area (Å²) in [6.07, 6.45) is 0. The van der Waals surface area contributed by atoms with Gasteiger partial charge in [-0.25, -0.2) is 0 Å². The van der Waals surface area contributed by atoms with Crippen molar-refractivity contribution in [3.05, 3.63) is 65.2 Å². The summed E-state index contributed by atoms with van der Waals surface area (Å²) < 4.78 is 5.86. The molecule has 1 nitrogen and oxygen atoms in total. The minimum absolute atomic E-state index is 0.622. The Labute approximate surface area is 111 Å². The van der Waals surface area contributed by atoms with Crippen LogP contribution in [0, 0.1) is 6.92 Å². The second kappa shape index (κ2) is 5.87. The zero-order valence-corrected chi connectivity index (χ0v) is 11.4. The molecule has 0 amide bonds. The van der Waals surface area contributed by atoms with Crippen molar-refractivity contribution in [3.63, 3.8) is 0 Å². The molecule has 0 atom stereocenters. The Hall–Kier alpha value is -1.28. The summed E-state index contributed by atoms with van der Waals surface area (Å²) in [5.41, 5.74) is 3.68. The van der Waals surface area contributed by atoms with E-state index in [1.807, 2.05) is 30.3 Å². The van der Waals surface area contributed by atoms with Crippen LogP contribution in [0.15, 0.2) is 48.5 Å².